The molecular formula is C12H17N3O4. The van der Waals surface area contributed by atoms with Gasteiger partial charge in [-0.25, -0.2) is 5.84 Å². The third-order valence-electron chi connectivity index (χ3n) is 2.64. The lowest BCUT2D eigenvalue weighted by molar-refractivity contribution is -0.385. The molecule has 0 saturated carbocycles. The van der Waals surface area contributed by atoms with E-state index in [9.17, 15) is 14.9 Å². The van der Waals surface area contributed by atoms with Crippen LogP contribution < -0.4 is 16.0 Å². The van der Waals surface area contributed by atoms with Gasteiger partial charge in [-0.05, 0) is 24.5 Å². The number of rotatable bonds is 5. The standard InChI is InChI=1S/C12H17N3O4/c1-7(2)11(12(16)14-13)19-10-6-9(15(17)18)5-4-8(10)3/h4-7,11H,13H2,1-3H3,(H,14,16). The molecule has 0 aromatic heterocycles. The summed E-state index contributed by atoms with van der Waals surface area (Å²) >= 11 is 0. The lowest BCUT2D eigenvalue weighted by Gasteiger charge is -2.21. The van der Waals surface area contributed by atoms with Gasteiger partial charge in [0.15, 0.2) is 6.10 Å². The van der Waals surface area contributed by atoms with Crippen molar-refractivity contribution in [2.24, 2.45) is 11.8 Å². The summed E-state index contributed by atoms with van der Waals surface area (Å²) in [6.45, 7) is 5.34. The molecule has 0 aliphatic rings. The maximum atomic E-state index is 11.6. The summed E-state index contributed by atoms with van der Waals surface area (Å²) in [5.41, 5.74) is 2.65. The smallest absolute Gasteiger partial charge is 0.275 e. The van der Waals surface area contributed by atoms with Crippen LogP contribution in [0.25, 0.3) is 0 Å². The van der Waals surface area contributed by atoms with Gasteiger partial charge in [0.1, 0.15) is 5.75 Å². The van der Waals surface area contributed by atoms with Crippen molar-refractivity contribution in [3.05, 3.63) is 33.9 Å². The Kier molecular flexibility index (Phi) is 4.82. The number of nitro groups is 1. The molecule has 19 heavy (non-hydrogen) atoms. The SMILES string of the molecule is Cc1ccc([N+](=O)[O-])cc1OC(C(=O)NN)C(C)C. The molecule has 1 atom stereocenters. The lowest BCUT2D eigenvalue weighted by atomic mass is 10.1. The van der Waals surface area contributed by atoms with Crippen LogP contribution in [0.4, 0.5) is 5.69 Å². The summed E-state index contributed by atoms with van der Waals surface area (Å²) in [6.07, 6.45) is -0.800. The zero-order valence-corrected chi connectivity index (χ0v) is 11.0. The average Bonchev–Trinajstić information content (AvgIpc) is 2.36. The van der Waals surface area contributed by atoms with Crippen LogP contribution in [0, 0.1) is 23.0 Å². The molecule has 1 unspecified atom stereocenters. The highest BCUT2D eigenvalue weighted by atomic mass is 16.6. The molecule has 0 saturated heterocycles. The summed E-state index contributed by atoms with van der Waals surface area (Å²) in [7, 11) is 0. The fraction of sp³-hybridized carbons (Fsp3) is 0.417. The normalized spacial score (nSPS) is 12.1. The second-order valence-electron chi connectivity index (χ2n) is 4.50. The van der Waals surface area contributed by atoms with Crippen molar-refractivity contribution in [3.8, 4) is 5.75 Å². The first-order valence-electron chi connectivity index (χ1n) is 5.79. The highest BCUT2D eigenvalue weighted by molar-refractivity contribution is 5.80. The van der Waals surface area contributed by atoms with Gasteiger partial charge < -0.3 is 4.74 Å². The van der Waals surface area contributed by atoms with Crippen LogP contribution in [-0.2, 0) is 4.79 Å². The average molecular weight is 267 g/mol. The van der Waals surface area contributed by atoms with Crippen molar-refractivity contribution < 1.29 is 14.5 Å². The van der Waals surface area contributed by atoms with Gasteiger partial charge in [-0.2, -0.15) is 0 Å². The highest BCUT2D eigenvalue weighted by Crippen LogP contribution is 2.26. The first-order valence-corrected chi connectivity index (χ1v) is 5.79. The number of amides is 1. The number of nitrogens with one attached hydrogen (secondary N) is 1. The molecule has 7 nitrogen and oxygen atoms in total. The van der Waals surface area contributed by atoms with Crippen molar-refractivity contribution in [2.45, 2.75) is 26.9 Å². The molecule has 0 spiro atoms. The number of ether oxygens (including phenoxy) is 1. The first kappa shape index (κ1) is 14.9. The minimum Gasteiger partial charge on any atom is -0.480 e. The molecule has 1 amide bonds. The predicted octanol–water partition coefficient (Wildman–Crippen LogP) is 1.30. The Labute approximate surface area is 110 Å². The lowest BCUT2D eigenvalue weighted by Crippen LogP contribution is -2.44. The predicted molar refractivity (Wildman–Crippen MR) is 69.4 cm³/mol. The van der Waals surface area contributed by atoms with Gasteiger partial charge in [0.2, 0.25) is 0 Å². The van der Waals surface area contributed by atoms with Gasteiger partial charge in [-0.3, -0.25) is 20.3 Å². The number of aryl methyl sites for hydroxylation is 1. The number of benzene rings is 1. The number of nitrogens with zero attached hydrogens (tertiary/aromatic N) is 1. The number of non-ortho nitro benzene ring substituents is 1. The van der Waals surface area contributed by atoms with E-state index in [1.165, 1.54) is 12.1 Å². The van der Waals surface area contributed by atoms with Gasteiger partial charge in [-0.15, -0.1) is 0 Å². The Morgan fingerprint density at radius 2 is 2.11 bits per heavy atom. The van der Waals surface area contributed by atoms with Crippen molar-refractivity contribution in [2.75, 3.05) is 0 Å². The molecule has 0 radical (unpaired) electrons. The Hall–Kier alpha value is -2.15. The molecule has 3 N–H and O–H groups in total. The van der Waals surface area contributed by atoms with Gasteiger partial charge in [-0.1, -0.05) is 13.8 Å². The maximum absolute atomic E-state index is 11.6. The molecule has 1 aromatic rings. The number of nitrogens with two attached hydrogens (primary N) is 1. The third kappa shape index (κ3) is 3.65. The summed E-state index contributed by atoms with van der Waals surface area (Å²) < 4.78 is 5.55. The molecule has 0 bridgehead atoms. The molecule has 1 aromatic carbocycles. The fourth-order valence-corrected chi connectivity index (χ4v) is 1.54. The van der Waals surface area contributed by atoms with Crippen LogP contribution in [0.3, 0.4) is 0 Å². The quantitative estimate of drug-likeness (QED) is 0.362. The minimum atomic E-state index is -0.800. The van der Waals surface area contributed by atoms with E-state index in [0.29, 0.717) is 11.3 Å². The zero-order chi connectivity index (χ0) is 14.6. The second kappa shape index (κ2) is 6.14. The fourth-order valence-electron chi connectivity index (χ4n) is 1.54. The van der Waals surface area contributed by atoms with Crippen LogP contribution in [0.15, 0.2) is 18.2 Å². The van der Waals surface area contributed by atoms with Gasteiger partial charge >= 0.3 is 0 Å². The summed E-state index contributed by atoms with van der Waals surface area (Å²) in [5.74, 6) is 4.80. The van der Waals surface area contributed by atoms with Gasteiger partial charge in [0, 0.05) is 6.07 Å². The van der Waals surface area contributed by atoms with Gasteiger partial charge in [0.05, 0.1) is 11.0 Å². The van der Waals surface area contributed by atoms with E-state index >= 15 is 0 Å². The Morgan fingerprint density at radius 3 is 2.58 bits per heavy atom. The maximum Gasteiger partial charge on any atom is 0.275 e. The van der Waals surface area contributed by atoms with E-state index in [1.54, 1.807) is 26.8 Å². The van der Waals surface area contributed by atoms with E-state index in [2.05, 4.69) is 0 Å². The van der Waals surface area contributed by atoms with Crippen molar-refractivity contribution >= 4 is 11.6 Å². The van der Waals surface area contributed by atoms with Crippen molar-refractivity contribution in [1.29, 1.82) is 0 Å². The molecule has 0 aliphatic heterocycles. The van der Waals surface area contributed by atoms with Crippen LogP contribution in [-0.4, -0.2) is 16.9 Å². The molecule has 7 heteroatoms. The molecule has 104 valence electrons. The first-order chi connectivity index (χ1) is 8.86. The topological polar surface area (TPSA) is 107 Å². The monoisotopic (exact) mass is 267 g/mol. The number of hydrogen-bond acceptors (Lipinski definition) is 5. The Bertz CT molecular complexity index is 488. The number of carbonyl (C=O) groups excluding carboxylic acids is 1. The Morgan fingerprint density at radius 1 is 1.47 bits per heavy atom. The molecular weight excluding hydrogens is 250 g/mol. The van der Waals surface area contributed by atoms with E-state index < -0.39 is 16.9 Å². The van der Waals surface area contributed by atoms with E-state index in [4.69, 9.17) is 10.6 Å². The summed E-state index contributed by atoms with van der Waals surface area (Å²) in [5, 5.41) is 10.7. The number of hydrazine groups is 1. The number of hydrogen-bond donors (Lipinski definition) is 2. The Balaban J connectivity index is 3.05. The molecule has 0 heterocycles. The molecule has 1 rings (SSSR count). The summed E-state index contributed by atoms with van der Waals surface area (Å²) in [6, 6.07) is 4.26. The summed E-state index contributed by atoms with van der Waals surface area (Å²) in [4.78, 5) is 21.8. The minimum absolute atomic E-state index is 0.0868. The molecule has 0 fully saturated rings. The number of carbonyl (C=O) groups is 1. The molecule has 0 aliphatic carbocycles. The van der Waals surface area contributed by atoms with Crippen LogP contribution >= 0.6 is 0 Å². The number of nitro benzene ring substituents is 1. The van der Waals surface area contributed by atoms with E-state index in [-0.39, 0.29) is 11.6 Å². The van der Waals surface area contributed by atoms with Crippen LogP contribution in [0.1, 0.15) is 19.4 Å². The van der Waals surface area contributed by atoms with Crippen LogP contribution in [0.5, 0.6) is 5.75 Å². The van der Waals surface area contributed by atoms with Crippen molar-refractivity contribution in [3.63, 3.8) is 0 Å². The highest BCUT2D eigenvalue weighted by Gasteiger charge is 2.24. The second-order valence-corrected chi connectivity index (χ2v) is 4.50. The van der Waals surface area contributed by atoms with Crippen molar-refractivity contribution in [1.82, 2.24) is 5.43 Å². The van der Waals surface area contributed by atoms with E-state index in [0.717, 1.165) is 0 Å². The van der Waals surface area contributed by atoms with E-state index in [1.807, 2.05) is 5.43 Å². The third-order valence-corrected chi connectivity index (χ3v) is 2.64. The van der Waals surface area contributed by atoms with Gasteiger partial charge in [0.25, 0.3) is 11.6 Å². The zero-order valence-electron chi connectivity index (χ0n) is 11.0. The largest absolute Gasteiger partial charge is 0.480 e. The van der Waals surface area contributed by atoms with Crippen LogP contribution in [0.2, 0.25) is 0 Å².